The maximum Gasteiger partial charge on any atom is 0.254 e. The fourth-order valence-corrected chi connectivity index (χ4v) is 1.67. The molecule has 7 heteroatoms. The van der Waals surface area contributed by atoms with Gasteiger partial charge in [0.05, 0.1) is 0 Å². The third-order valence-electron chi connectivity index (χ3n) is 2.34. The van der Waals surface area contributed by atoms with Gasteiger partial charge >= 0.3 is 0 Å². The Morgan fingerprint density at radius 1 is 1.00 bits per heavy atom. The average molecular weight is 284 g/mol. The summed E-state index contributed by atoms with van der Waals surface area (Å²) in [5.74, 6) is -1.58. The molecule has 0 aliphatic rings. The quantitative estimate of drug-likeness (QED) is 0.708. The number of carbonyl (C=O) groups excluding carboxylic acids is 3. The van der Waals surface area contributed by atoms with Gasteiger partial charge in [0.25, 0.3) is 5.91 Å². The number of nitrogens with zero attached hydrogens (tertiary/aromatic N) is 1. The van der Waals surface area contributed by atoms with Gasteiger partial charge in [-0.05, 0) is 17.7 Å². The lowest BCUT2D eigenvalue weighted by atomic mass is 10.1. The zero-order valence-electron chi connectivity index (χ0n) is 10.1. The van der Waals surface area contributed by atoms with Gasteiger partial charge in [0, 0.05) is 11.4 Å². The fourth-order valence-electron chi connectivity index (χ4n) is 1.49. The first-order valence-corrected chi connectivity index (χ1v) is 5.98. The van der Waals surface area contributed by atoms with Gasteiger partial charge in [-0.15, -0.1) is 11.6 Å². The zero-order chi connectivity index (χ0) is 14.4. The second-order valence-corrected chi connectivity index (χ2v) is 4.19. The Bertz CT molecular complexity index is 471. The molecule has 102 valence electrons. The largest absolute Gasteiger partial charge is 0.368 e. The van der Waals surface area contributed by atoms with E-state index in [-0.39, 0.29) is 13.1 Å². The van der Waals surface area contributed by atoms with Crippen LogP contribution in [-0.2, 0) is 15.5 Å². The summed E-state index contributed by atoms with van der Waals surface area (Å²) < 4.78 is 0. The third kappa shape index (κ3) is 4.59. The zero-order valence-corrected chi connectivity index (χ0v) is 10.9. The Morgan fingerprint density at radius 2 is 1.47 bits per heavy atom. The van der Waals surface area contributed by atoms with E-state index in [2.05, 4.69) is 0 Å². The molecular formula is C12H14ClN3O3. The maximum absolute atomic E-state index is 12.1. The number of alkyl halides is 1. The lowest BCUT2D eigenvalue weighted by Gasteiger charge is -2.19. The van der Waals surface area contributed by atoms with E-state index >= 15 is 0 Å². The molecule has 1 aromatic carbocycles. The van der Waals surface area contributed by atoms with Crippen molar-refractivity contribution in [2.24, 2.45) is 11.5 Å². The van der Waals surface area contributed by atoms with Gasteiger partial charge in [0.2, 0.25) is 11.8 Å². The fraction of sp³-hybridized carbons (Fsp3) is 0.250. The van der Waals surface area contributed by atoms with E-state index in [1.807, 2.05) is 0 Å². The Kier molecular flexibility index (Phi) is 5.32. The van der Waals surface area contributed by atoms with E-state index in [1.54, 1.807) is 24.3 Å². The number of benzene rings is 1. The first-order valence-electron chi connectivity index (χ1n) is 5.45. The molecule has 1 aromatic rings. The van der Waals surface area contributed by atoms with Gasteiger partial charge < -0.3 is 16.4 Å². The van der Waals surface area contributed by atoms with Gasteiger partial charge in [-0.1, -0.05) is 12.1 Å². The number of nitrogens with two attached hydrogens (primary N) is 2. The van der Waals surface area contributed by atoms with Crippen molar-refractivity contribution >= 4 is 29.3 Å². The van der Waals surface area contributed by atoms with Gasteiger partial charge in [0.1, 0.15) is 13.1 Å². The van der Waals surface area contributed by atoms with E-state index in [9.17, 15) is 14.4 Å². The van der Waals surface area contributed by atoms with E-state index in [0.717, 1.165) is 10.5 Å². The molecule has 0 saturated heterocycles. The lowest BCUT2D eigenvalue weighted by molar-refractivity contribution is -0.121. The summed E-state index contributed by atoms with van der Waals surface area (Å²) in [6.45, 7) is -0.724. The average Bonchev–Trinajstić information content (AvgIpc) is 2.36. The number of halogens is 1. The Hall–Kier alpha value is -2.08. The topological polar surface area (TPSA) is 106 Å². The molecule has 0 fully saturated rings. The highest BCUT2D eigenvalue weighted by Crippen LogP contribution is 2.09. The normalized spacial score (nSPS) is 9.95. The number of hydrogen-bond acceptors (Lipinski definition) is 3. The van der Waals surface area contributed by atoms with Crippen LogP contribution in [0, 0.1) is 0 Å². The van der Waals surface area contributed by atoms with E-state index in [4.69, 9.17) is 23.1 Å². The molecule has 0 heterocycles. The van der Waals surface area contributed by atoms with Crippen molar-refractivity contribution in [1.29, 1.82) is 0 Å². The number of rotatable bonds is 6. The van der Waals surface area contributed by atoms with Crippen molar-refractivity contribution in [3.63, 3.8) is 0 Å². The predicted octanol–water partition coefficient (Wildman–Crippen LogP) is -0.162. The molecule has 4 N–H and O–H groups in total. The summed E-state index contributed by atoms with van der Waals surface area (Å²) in [5, 5.41) is 0. The highest BCUT2D eigenvalue weighted by Gasteiger charge is 2.19. The van der Waals surface area contributed by atoms with Crippen molar-refractivity contribution in [1.82, 2.24) is 4.90 Å². The van der Waals surface area contributed by atoms with Crippen molar-refractivity contribution < 1.29 is 14.4 Å². The SMILES string of the molecule is NC(=O)CN(CC(N)=O)C(=O)c1ccc(CCl)cc1. The molecule has 0 saturated carbocycles. The van der Waals surface area contributed by atoms with Gasteiger partial charge in [-0.3, -0.25) is 14.4 Å². The summed E-state index contributed by atoms with van der Waals surface area (Å²) in [4.78, 5) is 34.9. The third-order valence-corrected chi connectivity index (χ3v) is 2.64. The second-order valence-electron chi connectivity index (χ2n) is 3.92. The standard InChI is InChI=1S/C12H14ClN3O3/c13-5-8-1-3-9(4-2-8)12(19)16(6-10(14)17)7-11(15)18/h1-4H,5-7H2,(H2,14,17)(H2,15,18). The molecule has 0 aliphatic carbocycles. The first-order chi connectivity index (χ1) is 8.93. The van der Waals surface area contributed by atoms with Crippen molar-refractivity contribution in [2.75, 3.05) is 13.1 Å². The van der Waals surface area contributed by atoms with Crippen LogP contribution in [0.4, 0.5) is 0 Å². The highest BCUT2D eigenvalue weighted by molar-refractivity contribution is 6.17. The smallest absolute Gasteiger partial charge is 0.254 e. The Balaban J connectivity index is 2.90. The summed E-state index contributed by atoms with van der Waals surface area (Å²) >= 11 is 5.64. The van der Waals surface area contributed by atoms with Crippen LogP contribution in [-0.4, -0.2) is 35.7 Å². The van der Waals surface area contributed by atoms with Crippen LogP contribution in [0.1, 0.15) is 15.9 Å². The highest BCUT2D eigenvalue weighted by atomic mass is 35.5. The van der Waals surface area contributed by atoms with E-state index in [0.29, 0.717) is 11.4 Å². The minimum absolute atomic E-state index is 0.330. The minimum Gasteiger partial charge on any atom is -0.368 e. The number of hydrogen-bond donors (Lipinski definition) is 2. The molecule has 6 nitrogen and oxygen atoms in total. The lowest BCUT2D eigenvalue weighted by Crippen LogP contribution is -2.43. The number of carbonyl (C=O) groups is 3. The van der Waals surface area contributed by atoms with Crippen LogP contribution in [0.25, 0.3) is 0 Å². The Labute approximate surface area is 115 Å². The minimum atomic E-state index is -0.716. The van der Waals surface area contributed by atoms with Crippen molar-refractivity contribution in [2.45, 2.75) is 5.88 Å². The molecule has 19 heavy (non-hydrogen) atoms. The molecular weight excluding hydrogens is 270 g/mol. The van der Waals surface area contributed by atoms with Crippen LogP contribution < -0.4 is 11.5 Å². The van der Waals surface area contributed by atoms with Gasteiger partial charge in [0.15, 0.2) is 0 Å². The molecule has 0 unspecified atom stereocenters. The molecule has 3 amide bonds. The molecule has 0 radical (unpaired) electrons. The van der Waals surface area contributed by atoms with Crippen LogP contribution in [0.2, 0.25) is 0 Å². The predicted molar refractivity (Wildman–Crippen MR) is 70.3 cm³/mol. The molecule has 0 aromatic heterocycles. The summed E-state index contributed by atoms with van der Waals surface area (Å²) in [6.07, 6.45) is 0. The van der Waals surface area contributed by atoms with E-state index < -0.39 is 17.7 Å². The second kappa shape index (κ2) is 6.75. The van der Waals surface area contributed by atoms with Crippen molar-refractivity contribution in [3.8, 4) is 0 Å². The molecule has 0 atom stereocenters. The molecule has 0 spiro atoms. The van der Waals surface area contributed by atoms with Gasteiger partial charge in [-0.25, -0.2) is 0 Å². The first kappa shape index (κ1) is 15.0. The van der Waals surface area contributed by atoms with Crippen LogP contribution in [0.5, 0.6) is 0 Å². The van der Waals surface area contributed by atoms with Crippen molar-refractivity contribution in [3.05, 3.63) is 35.4 Å². The van der Waals surface area contributed by atoms with Crippen LogP contribution >= 0.6 is 11.6 Å². The summed E-state index contributed by atoms with van der Waals surface area (Å²) in [5.41, 5.74) is 11.2. The maximum atomic E-state index is 12.1. The van der Waals surface area contributed by atoms with Gasteiger partial charge in [-0.2, -0.15) is 0 Å². The van der Waals surface area contributed by atoms with E-state index in [1.165, 1.54) is 0 Å². The number of primary amides is 2. The molecule has 0 aliphatic heterocycles. The van der Waals surface area contributed by atoms with Crippen LogP contribution in [0.15, 0.2) is 24.3 Å². The summed E-state index contributed by atoms with van der Waals surface area (Å²) in [6, 6.07) is 6.50. The monoisotopic (exact) mass is 283 g/mol. The van der Waals surface area contributed by atoms with Crippen LogP contribution in [0.3, 0.4) is 0 Å². The Morgan fingerprint density at radius 3 is 1.84 bits per heavy atom. The molecule has 1 rings (SSSR count). The molecule has 0 bridgehead atoms. The summed E-state index contributed by atoms with van der Waals surface area (Å²) in [7, 11) is 0. The number of amides is 3.